The molecule has 2 bridgehead atoms. The number of nitrogens with zero attached hydrogens (tertiary/aromatic N) is 3. The second kappa shape index (κ2) is 16.1. The summed E-state index contributed by atoms with van der Waals surface area (Å²) in [7, 11) is 7.34. The molecule has 0 aromatic heterocycles. The first kappa shape index (κ1) is 39.9. The van der Waals surface area contributed by atoms with Crippen LogP contribution in [0.5, 0.6) is 0 Å². The van der Waals surface area contributed by atoms with E-state index in [0.717, 1.165) is 51.4 Å². The minimum absolute atomic E-state index is 0.0596. The highest BCUT2D eigenvalue weighted by atomic mass is 16.7. The van der Waals surface area contributed by atoms with Crippen molar-refractivity contribution in [2.45, 2.75) is 134 Å². The van der Waals surface area contributed by atoms with Crippen molar-refractivity contribution in [3.05, 3.63) is 0 Å². The lowest BCUT2D eigenvalue weighted by molar-refractivity contribution is -0.193. The number of rotatable bonds is 11. The lowest BCUT2D eigenvalue weighted by Crippen LogP contribution is -2.62. The van der Waals surface area contributed by atoms with E-state index < -0.39 is 30.2 Å². The summed E-state index contributed by atoms with van der Waals surface area (Å²) < 4.78 is 11.4. The monoisotopic (exact) mass is 733 g/mol. The smallest absolute Gasteiger partial charge is 0.328 e. The molecule has 12 nitrogen and oxygen atoms in total. The molecule has 0 spiro atoms. The lowest BCUT2D eigenvalue weighted by Gasteiger charge is -2.62. The minimum atomic E-state index is -0.847. The van der Waals surface area contributed by atoms with Crippen LogP contribution in [0.1, 0.15) is 91.9 Å². The number of hydrogen-bond acceptors (Lipinski definition) is 10. The van der Waals surface area contributed by atoms with Crippen molar-refractivity contribution in [2.75, 3.05) is 48.0 Å². The number of carbonyl (C=O) groups excluding carboxylic acids is 3. The van der Waals surface area contributed by atoms with Gasteiger partial charge in [-0.15, -0.1) is 0 Å². The average molecular weight is 733 g/mol. The zero-order chi connectivity index (χ0) is 37.6. The quantitative estimate of drug-likeness (QED) is 0.272. The van der Waals surface area contributed by atoms with Crippen LogP contribution in [0.4, 0.5) is 0 Å². The highest BCUT2D eigenvalue weighted by Gasteiger charge is 2.58. The van der Waals surface area contributed by atoms with Crippen LogP contribution in [-0.2, 0) is 28.7 Å². The van der Waals surface area contributed by atoms with Crippen LogP contribution in [0.3, 0.4) is 0 Å². The van der Waals surface area contributed by atoms with Crippen LogP contribution in [0, 0.1) is 52.8 Å². The Balaban J connectivity index is 1.18. The van der Waals surface area contributed by atoms with Crippen molar-refractivity contribution in [2.24, 2.45) is 52.8 Å². The van der Waals surface area contributed by atoms with Gasteiger partial charge in [0.05, 0.1) is 25.9 Å². The third-order valence-corrected chi connectivity index (χ3v) is 15.2. The molecule has 3 N–H and O–H groups in total. The molecule has 5 saturated carbocycles. The van der Waals surface area contributed by atoms with Gasteiger partial charge in [-0.1, -0.05) is 27.2 Å². The van der Waals surface area contributed by atoms with Gasteiger partial charge >= 0.3 is 5.97 Å². The van der Waals surface area contributed by atoms with Gasteiger partial charge in [-0.3, -0.25) is 14.4 Å². The van der Waals surface area contributed by atoms with E-state index in [1.165, 1.54) is 13.5 Å². The molecule has 6 unspecified atom stereocenters. The molecule has 2 amide bonds. The molecule has 0 radical (unpaired) electrons. The van der Waals surface area contributed by atoms with Crippen molar-refractivity contribution >= 4 is 17.8 Å². The summed E-state index contributed by atoms with van der Waals surface area (Å²) in [5.74, 6) is 0.924. The highest BCUT2D eigenvalue weighted by molar-refractivity contribution is 5.86. The van der Waals surface area contributed by atoms with E-state index in [4.69, 9.17) is 14.3 Å². The number of carbonyl (C=O) groups is 3. The fraction of sp³-hybridized carbons (Fsp3) is 0.925. The first-order valence-corrected chi connectivity index (χ1v) is 20.3. The fourth-order valence-electron chi connectivity index (χ4n) is 12.0. The summed E-state index contributed by atoms with van der Waals surface area (Å²) in [5.41, 5.74) is 0.303. The van der Waals surface area contributed by atoms with E-state index >= 15 is 0 Å². The Morgan fingerprint density at radius 1 is 1.04 bits per heavy atom. The number of likely N-dealkylation sites (tertiary alicyclic amines) is 1. The molecule has 2 aliphatic heterocycles. The highest BCUT2D eigenvalue weighted by Crippen LogP contribution is 2.61. The summed E-state index contributed by atoms with van der Waals surface area (Å²) in [4.78, 5) is 51.3. The van der Waals surface area contributed by atoms with Crippen molar-refractivity contribution in [3.8, 4) is 0 Å². The maximum absolute atomic E-state index is 14.3. The number of methoxy groups -OCH3 is 2. The first-order chi connectivity index (χ1) is 24.7. The summed E-state index contributed by atoms with van der Waals surface area (Å²) in [5, 5.41) is 26.5. The van der Waals surface area contributed by atoms with Crippen LogP contribution in [0.25, 0.3) is 0 Å². The van der Waals surface area contributed by atoms with E-state index in [1.807, 2.05) is 0 Å². The molecular formula is C40H68N4O8. The number of aliphatic hydroxyl groups excluding tert-OH is 2. The van der Waals surface area contributed by atoms with Crippen molar-refractivity contribution in [1.82, 2.24) is 20.2 Å². The maximum atomic E-state index is 14.3. The van der Waals surface area contributed by atoms with Crippen LogP contribution < -0.4 is 5.32 Å². The topological polar surface area (TPSA) is 141 Å². The van der Waals surface area contributed by atoms with Crippen molar-refractivity contribution in [3.63, 3.8) is 0 Å². The van der Waals surface area contributed by atoms with Gasteiger partial charge in [0.15, 0.2) is 0 Å². The SMILES string of the molecule is COC(=O)[C@@H]1CCCN1C(=O)C1CC(C2CCCC(CN3O[C@@H](CO)[C@@H]([C@H](C)O)[C@H]3C(=O)N[C@H]3C[C@H]4C[C@@H]([C@@H]3C)C4(C)C)C2OC)CC(N(C)C)C1. The fourth-order valence-corrected chi connectivity index (χ4v) is 12.0. The molecule has 15 atom stereocenters. The molecule has 0 aromatic carbocycles. The van der Waals surface area contributed by atoms with Gasteiger partial charge in [-0.25, -0.2) is 4.79 Å². The van der Waals surface area contributed by atoms with Gasteiger partial charge in [0, 0.05) is 50.0 Å². The number of amides is 2. The zero-order valence-electron chi connectivity index (χ0n) is 33.0. The molecule has 296 valence electrons. The van der Waals surface area contributed by atoms with Crippen LogP contribution in [0.15, 0.2) is 0 Å². The molecule has 7 aliphatic rings. The summed E-state index contributed by atoms with van der Waals surface area (Å²) >= 11 is 0. The number of fused-ring (bicyclic) bond motifs is 2. The van der Waals surface area contributed by atoms with Gasteiger partial charge in [0.25, 0.3) is 0 Å². The normalized spacial score (nSPS) is 42.5. The number of hydrogen-bond donors (Lipinski definition) is 3. The number of nitrogens with one attached hydrogen (secondary N) is 1. The third kappa shape index (κ3) is 7.42. The average Bonchev–Trinajstić information content (AvgIpc) is 3.76. The van der Waals surface area contributed by atoms with Gasteiger partial charge in [0.1, 0.15) is 18.2 Å². The molecule has 2 saturated heterocycles. The predicted octanol–water partition coefficient (Wildman–Crippen LogP) is 3.09. The molecule has 7 rings (SSSR count). The van der Waals surface area contributed by atoms with E-state index in [9.17, 15) is 24.6 Å². The van der Waals surface area contributed by atoms with Crippen LogP contribution >= 0.6 is 0 Å². The Morgan fingerprint density at radius 3 is 2.40 bits per heavy atom. The molecule has 52 heavy (non-hydrogen) atoms. The van der Waals surface area contributed by atoms with Gasteiger partial charge in [-0.2, -0.15) is 5.06 Å². The van der Waals surface area contributed by atoms with Crippen LogP contribution in [-0.4, -0.2) is 133 Å². The van der Waals surface area contributed by atoms with Gasteiger partial charge < -0.3 is 34.8 Å². The number of aliphatic hydroxyl groups is 2. The molecule has 5 aliphatic carbocycles. The second-order valence-electron chi connectivity index (χ2n) is 18.3. The van der Waals surface area contributed by atoms with Crippen molar-refractivity contribution < 1.29 is 38.9 Å². The zero-order valence-corrected chi connectivity index (χ0v) is 33.0. The number of ether oxygens (including phenoxy) is 2. The summed E-state index contributed by atoms with van der Waals surface area (Å²) in [6.07, 6.45) is 7.38. The van der Waals surface area contributed by atoms with E-state index in [-0.39, 0.29) is 66.2 Å². The Hall–Kier alpha value is -1.83. The Morgan fingerprint density at radius 2 is 1.79 bits per heavy atom. The molecule has 12 heteroatoms. The van der Waals surface area contributed by atoms with Crippen LogP contribution in [0.2, 0.25) is 0 Å². The largest absolute Gasteiger partial charge is 0.467 e. The standard InChI is InChI=1S/C40H68N4O8/c1-22-30-18-27(40(30,3)4)19-31(22)41-37(47)35-34(23(2)46)33(21-45)52-44(35)20-24-11-9-12-29(36(24)50-7)25-15-26(17-28(16-25)42(5)6)38(48)43-14-10-13-32(43)39(49)51-8/h22-36,45-46H,9-21H2,1-8H3,(H,41,47)/t22-,23-,24?,25?,26?,27+,28?,29?,30-,31-,32-,33-,34+,35-,36?/m0/s1. The van der Waals surface area contributed by atoms with E-state index in [1.54, 1.807) is 24.0 Å². The second-order valence-corrected chi connectivity index (χ2v) is 18.3. The summed E-state index contributed by atoms with van der Waals surface area (Å²) in [6.45, 7) is 9.41. The predicted molar refractivity (Wildman–Crippen MR) is 195 cm³/mol. The Kier molecular flexibility index (Phi) is 12.3. The molecule has 0 aromatic rings. The number of esters is 1. The molecule has 7 fully saturated rings. The Bertz CT molecular complexity index is 1280. The van der Waals surface area contributed by atoms with Gasteiger partial charge in [0.2, 0.25) is 11.8 Å². The first-order valence-electron chi connectivity index (χ1n) is 20.3. The van der Waals surface area contributed by atoms with E-state index in [0.29, 0.717) is 42.7 Å². The molecule has 2 heterocycles. The lowest BCUT2D eigenvalue weighted by atomic mass is 9.45. The molecular weight excluding hydrogens is 664 g/mol. The van der Waals surface area contributed by atoms with Crippen molar-refractivity contribution in [1.29, 1.82) is 0 Å². The number of hydroxylamine groups is 2. The van der Waals surface area contributed by atoms with E-state index in [2.05, 4.69) is 45.1 Å². The maximum Gasteiger partial charge on any atom is 0.328 e. The summed E-state index contributed by atoms with van der Waals surface area (Å²) in [6, 6.07) is -0.920. The minimum Gasteiger partial charge on any atom is -0.467 e. The third-order valence-electron chi connectivity index (χ3n) is 15.2. The van der Waals surface area contributed by atoms with Gasteiger partial charge in [-0.05, 0) is 114 Å². The Labute approximate surface area is 311 Å².